The molecule has 0 saturated carbocycles. The Morgan fingerprint density at radius 3 is 2.71 bits per heavy atom. The molecular weight excluding hydrogens is 391 g/mol. The van der Waals surface area contributed by atoms with E-state index in [-0.39, 0.29) is 24.1 Å². The molecule has 0 unspecified atom stereocenters. The Balaban J connectivity index is 1.56. The second kappa shape index (κ2) is 8.98. The summed E-state index contributed by atoms with van der Waals surface area (Å²) >= 11 is 0. The Hall–Kier alpha value is -3.05. The van der Waals surface area contributed by atoms with E-state index in [9.17, 15) is 14.3 Å². The molecule has 1 aliphatic rings. The lowest BCUT2D eigenvalue weighted by Crippen LogP contribution is -2.29. The predicted octanol–water partition coefficient (Wildman–Crippen LogP) is 4.88. The molecule has 0 aliphatic carbocycles. The van der Waals surface area contributed by atoms with Gasteiger partial charge in [-0.1, -0.05) is 42.8 Å². The number of halogens is 1. The standard InChI is InChI=1S/C26H27FN2O2/c1-3-18-12-17(2)4-7-23(18)19-5-8-24(21(13-19)16-30)20-10-11-29(15-20)26(31)25-9-6-22(27)14-28-25/h4-9,12-14,20,30H,3,10-11,15-16H2,1-2H3/t20-/m1/s1. The van der Waals surface area contributed by atoms with Gasteiger partial charge in [-0.15, -0.1) is 0 Å². The minimum atomic E-state index is -0.455. The monoisotopic (exact) mass is 418 g/mol. The van der Waals surface area contributed by atoms with Crippen LogP contribution in [0.15, 0.2) is 54.7 Å². The number of aromatic nitrogens is 1. The highest BCUT2D eigenvalue weighted by Crippen LogP contribution is 2.34. The molecule has 3 aromatic rings. The Morgan fingerprint density at radius 2 is 2.00 bits per heavy atom. The first kappa shape index (κ1) is 21.2. The third kappa shape index (κ3) is 4.37. The zero-order valence-corrected chi connectivity index (χ0v) is 17.9. The average Bonchev–Trinajstić information content (AvgIpc) is 3.28. The lowest BCUT2D eigenvalue weighted by atomic mass is 9.89. The number of benzene rings is 2. The molecule has 4 rings (SSSR count). The number of aryl methyl sites for hydroxylation is 2. The summed E-state index contributed by atoms with van der Waals surface area (Å²) in [4.78, 5) is 18.4. The van der Waals surface area contributed by atoms with Crippen molar-refractivity contribution in [2.75, 3.05) is 13.1 Å². The fraction of sp³-hybridized carbons (Fsp3) is 0.308. The third-order valence-electron chi connectivity index (χ3n) is 6.13. The van der Waals surface area contributed by atoms with E-state index in [1.54, 1.807) is 4.90 Å². The maximum Gasteiger partial charge on any atom is 0.272 e. The molecule has 1 N–H and O–H groups in total. The van der Waals surface area contributed by atoms with Crippen LogP contribution in [-0.2, 0) is 13.0 Å². The average molecular weight is 419 g/mol. The van der Waals surface area contributed by atoms with Gasteiger partial charge in [0.15, 0.2) is 0 Å². The third-order valence-corrected chi connectivity index (χ3v) is 6.13. The molecular formula is C26H27FN2O2. The molecule has 160 valence electrons. The van der Waals surface area contributed by atoms with Gasteiger partial charge in [0.05, 0.1) is 12.8 Å². The van der Waals surface area contributed by atoms with Crippen LogP contribution in [0.1, 0.15) is 52.0 Å². The van der Waals surface area contributed by atoms with Crippen LogP contribution >= 0.6 is 0 Å². The molecule has 1 fully saturated rings. The molecule has 5 heteroatoms. The van der Waals surface area contributed by atoms with E-state index in [2.05, 4.69) is 55.2 Å². The number of rotatable bonds is 5. The number of likely N-dealkylation sites (tertiary alicyclic amines) is 1. The van der Waals surface area contributed by atoms with Crippen LogP contribution in [0.5, 0.6) is 0 Å². The normalized spacial score (nSPS) is 16.0. The van der Waals surface area contributed by atoms with E-state index >= 15 is 0 Å². The number of pyridine rings is 1. The van der Waals surface area contributed by atoms with E-state index < -0.39 is 5.82 Å². The SMILES string of the molecule is CCc1cc(C)ccc1-c1ccc([C@@H]2CCN(C(=O)c3ccc(F)cn3)C2)c(CO)c1. The highest BCUT2D eigenvalue weighted by Gasteiger charge is 2.30. The summed E-state index contributed by atoms with van der Waals surface area (Å²) in [6, 6.07) is 15.4. The maximum absolute atomic E-state index is 13.1. The van der Waals surface area contributed by atoms with Crippen molar-refractivity contribution >= 4 is 5.91 Å². The molecule has 4 nitrogen and oxygen atoms in total. The fourth-order valence-corrected chi connectivity index (χ4v) is 4.47. The van der Waals surface area contributed by atoms with Crippen molar-refractivity contribution in [2.24, 2.45) is 0 Å². The summed E-state index contributed by atoms with van der Waals surface area (Å²) in [5, 5.41) is 10.1. The Labute approximate surface area is 182 Å². The lowest BCUT2D eigenvalue weighted by molar-refractivity contribution is 0.0785. The molecule has 1 saturated heterocycles. The Morgan fingerprint density at radius 1 is 1.16 bits per heavy atom. The fourth-order valence-electron chi connectivity index (χ4n) is 4.47. The second-order valence-electron chi connectivity index (χ2n) is 8.18. The van der Waals surface area contributed by atoms with Crippen molar-refractivity contribution in [1.29, 1.82) is 0 Å². The van der Waals surface area contributed by atoms with Gasteiger partial charge in [0.25, 0.3) is 5.91 Å². The number of carbonyl (C=O) groups is 1. The molecule has 0 radical (unpaired) electrons. The van der Waals surface area contributed by atoms with Crippen LogP contribution in [0, 0.1) is 12.7 Å². The molecule has 1 amide bonds. The molecule has 1 aromatic heterocycles. The molecule has 1 atom stereocenters. The van der Waals surface area contributed by atoms with Gasteiger partial charge in [-0.3, -0.25) is 4.79 Å². The number of nitrogens with zero attached hydrogens (tertiary/aromatic N) is 2. The van der Waals surface area contributed by atoms with Crippen LogP contribution in [0.2, 0.25) is 0 Å². The summed E-state index contributed by atoms with van der Waals surface area (Å²) in [6.45, 7) is 5.39. The minimum absolute atomic E-state index is 0.0412. The van der Waals surface area contributed by atoms with Gasteiger partial charge in [0, 0.05) is 19.0 Å². The highest BCUT2D eigenvalue weighted by atomic mass is 19.1. The maximum atomic E-state index is 13.1. The van der Waals surface area contributed by atoms with Gasteiger partial charge in [-0.05, 0) is 65.8 Å². The Kier molecular flexibility index (Phi) is 6.14. The van der Waals surface area contributed by atoms with Crippen molar-refractivity contribution in [3.63, 3.8) is 0 Å². The van der Waals surface area contributed by atoms with Gasteiger partial charge in [0.1, 0.15) is 11.5 Å². The van der Waals surface area contributed by atoms with Crippen LogP contribution in [0.25, 0.3) is 11.1 Å². The summed E-state index contributed by atoms with van der Waals surface area (Å²) in [6.07, 6.45) is 2.84. The quantitative estimate of drug-likeness (QED) is 0.642. The number of aliphatic hydroxyl groups is 1. The molecule has 1 aliphatic heterocycles. The van der Waals surface area contributed by atoms with Crippen LogP contribution in [0.4, 0.5) is 4.39 Å². The molecule has 2 heterocycles. The van der Waals surface area contributed by atoms with E-state index in [0.29, 0.717) is 13.1 Å². The van der Waals surface area contributed by atoms with Crippen molar-refractivity contribution in [3.05, 3.63) is 88.5 Å². The predicted molar refractivity (Wildman–Crippen MR) is 119 cm³/mol. The van der Waals surface area contributed by atoms with E-state index in [4.69, 9.17) is 0 Å². The number of hydrogen-bond acceptors (Lipinski definition) is 3. The number of amides is 1. The first-order valence-corrected chi connectivity index (χ1v) is 10.7. The van der Waals surface area contributed by atoms with E-state index in [1.165, 1.54) is 28.8 Å². The highest BCUT2D eigenvalue weighted by molar-refractivity contribution is 5.92. The molecule has 31 heavy (non-hydrogen) atoms. The summed E-state index contributed by atoms with van der Waals surface area (Å²) in [5.74, 6) is -0.482. The van der Waals surface area contributed by atoms with Gasteiger partial charge in [-0.25, -0.2) is 9.37 Å². The van der Waals surface area contributed by atoms with Crippen molar-refractivity contribution in [2.45, 2.75) is 39.2 Å². The largest absolute Gasteiger partial charge is 0.392 e. The van der Waals surface area contributed by atoms with Crippen molar-refractivity contribution in [1.82, 2.24) is 9.88 Å². The minimum Gasteiger partial charge on any atom is -0.392 e. The molecule has 0 spiro atoms. The van der Waals surface area contributed by atoms with Crippen LogP contribution in [0.3, 0.4) is 0 Å². The van der Waals surface area contributed by atoms with E-state index in [0.717, 1.165) is 35.7 Å². The molecule has 0 bridgehead atoms. The van der Waals surface area contributed by atoms with Gasteiger partial charge in [0.2, 0.25) is 0 Å². The van der Waals surface area contributed by atoms with Gasteiger partial charge < -0.3 is 10.0 Å². The summed E-state index contributed by atoms with van der Waals surface area (Å²) in [5.41, 5.74) is 7.07. The zero-order chi connectivity index (χ0) is 22.0. The van der Waals surface area contributed by atoms with Gasteiger partial charge >= 0.3 is 0 Å². The number of carbonyl (C=O) groups excluding carboxylic acids is 1. The second-order valence-corrected chi connectivity index (χ2v) is 8.18. The lowest BCUT2D eigenvalue weighted by Gasteiger charge is -2.19. The van der Waals surface area contributed by atoms with Crippen molar-refractivity contribution < 1.29 is 14.3 Å². The number of hydrogen-bond donors (Lipinski definition) is 1. The first-order chi connectivity index (χ1) is 15.0. The summed E-state index contributed by atoms with van der Waals surface area (Å²) < 4.78 is 13.1. The Bertz CT molecular complexity index is 1100. The van der Waals surface area contributed by atoms with Gasteiger partial charge in [-0.2, -0.15) is 0 Å². The van der Waals surface area contributed by atoms with Crippen molar-refractivity contribution in [3.8, 4) is 11.1 Å². The van der Waals surface area contributed by atoms with Crippen LogP contribution in [-0.4, -0.2) is 34.0 Å². The number of aliphatic hydroxyl groups excluding tert-OH is 1. The molecule has 2 aromatic carbocycles. The zero-order valence-electron chi connectivity index (χ0n) is 17.9. The first-order valence-electron chi connectivity index (χ1n) is 10.7. The summed E-state index contributed by atoms with van der Waals surface area (Å²) in [7, 11) is 0. The van der Waals surface area contributed by atoms with Crippen LogP contribution < -0.4 is 0 Å². The smallest absolute Gasteiger partial charge is 0.272 e. The topological polar surface area (TPSA) is 53.4 Å². The van der Waals surface area contributed by atoms with E-state index in [1.807, 2.05) is 0 Å².